The zero-order valence-electron chi connectivity index (χ0n) is 74.6. The number of hydrogen-bond acceptors (Lipinski definition) is 24. The van der Waals surface area contributed by atoms with Crippen molar-refractivity contribution in [3.63, 3.8) is 0 Å². The maximum absolute atomic E-state index is 13.4. The Kier molecular flexibility index (Phi) is 41.3. The fourth-order valence-corrected chi connectivity index (χ4v) is 14.3. The largest absolute Gasteiger partial charge is 0.511 e. The summed E-state index contributed by atoms with van der Waals surface area (Å²) >= 11 is 27.3. The number of aromatic nitrogens is 12. The highest BCUT2D eigenvalue weighted by Crippen LogP contribution is 2.61. The number of nitrogen functional groups attached to an aromatic ring is 1. The van der Waals surface area contributed by atoms with Gasteiger partial charge in [-0.2, -0.15) is 25.2 Å². The number of esters is 3. The van der Waals surface area contributed by atoms with Crippen molar-refractivity contribution in [3.8, 4) is 102 Å². The third-order valence-corrected chi connectivity index (χ3v) is 20.7. The Morgan fingerprint density at radius 2 is 0.907 bits per heavy atom. The summed E-state index contributed by atoms with van der Waals surface area (Å²) in [5, 5.41) is 33.1. The fraction of sp³-hybridized carbons (Fsp3) is 0.113. The van der Waals surface area contributed by atoms with Gasteiger partial charge in [0, 0.05) is 48.5 Å². The Labute approximate surface area is 833 Å². The topological polar surface area (TPSA) is 373 Å². The van der Waals surface area contributed by atoms with E-state index in [1.54, 1.807) is 147 Å². The van der Waals surface area contributed by atoms with Gasteiger partial charge in [-0.3, -0.25) is 53.6 Å². The highest BCUT2D eigenvalue weighted by molar-refractivity contribution is 8.24. The molecule has 18 rings (SSSR count). The number of rotatable bonds is 19. The van der Waals surface area contributed by atoms with Crippen LogP contribution < -0.4 is 19.9 Å². The molecule has 0 radical (unpaired) electrons. The quantitative estimate of drug-likeness (QED) is 0.0129. The number of Topliss-reactive ketones (excluding diaryl/α,β-unsaturated/α-hetero) is 1. The van der Waals surface area contributed by atoms with E-state index >= 15 is 0 Å². The van der Waals surface area contributed by atoms with E-state index in [4.69, 9.17) is 65.1 Å². The molecule has 28 nitrogen and oxygen atoms in total. The van der Waals surface area contributed by atoms with E-state index < -0.39 is 35.1 Å². The van der Waals surface area contributed by atoms with Gasteiger partial charge in [0.1, 0.15) is 56.1 Å². The Morgan fingerprint density at radius 1 is 0.500 bits per heavy atom. The van der Waals surface area contributed by atoms with Gasteiger partial charge < -0.3 is 39.3 Å². The van der Waals surface area contributed by atoms with Crippen molar-refractivity contribution in [1.82, 2.24) is 59.5 Å². The second-order valence-electron chi connectivity index (χ2n) is 28.7. The van der Waals surface area contributed by atoms with E-state index in [0.29, 0.717) is 96.1 Å². The van der Waals surface area contributed by atoms with Crippen molar-refractivity contribution in [2.45, 2.75) is 39.7 Å². The Hall–Kier alpha value is -16.3. The number of carbonyl (C=O) groups excluding carboxylic acids is 5. The molecule has 17 aromatic rings. The number of allylic oxidation sites excluding steroid dienone is 2. The summed E-state index contributed by atoms with van der Waals surface area (Å²) in [4.78, 5) is 88.4. The first-order chi connectivity index (χ1) is 66.9. The predicted molar refractivity (Wildman–Crippen MR) is 547 cm³/mol. The average molecular weight is 1990 g/mol. The van der Waals surface area contributed by atoms with Crippen LogP contribution in [0.4, 0.5) is 5.82 Å². The molecule has 9 aromatic heterocycles. The maximum atomic E-state index is 13.4. The van der Waals surface area contributed by atoms with Crippen LogP contribution in [0.5, 0.6) is 17.2 Å². The molecule has 8 aromatic carbocycles. The maximum Gasteiger partial charge on any atom is 0.356 e. The van der Waals surface area contributed by atoms with Gasteiger partial charge >= 0.3 is 29.1 Å². The monoisotopic (exact) mass is 1990 g/mol. The second kappa shape index (κ2) is 53.9. The van der Waals surface area contributed by atoms with Crippen molar-refractivity contribution in [3.05, 3.63) is 413 Å². The van der Waals surface area contributed by atoms with Crippen LogP contribution in [0.3, 0.4) is 0 Å². The highest BCUT2D eigenvalue weighted by Gasteiger charge is 2.35. The number of aliphatic hydroxyl groups excluding tert-OH is 1. The molecule has 0 saturated heterocycles. The van der Waals surface area contributed by atoms with Gasteiger partial charge in [0.15, 0.2) is 17.4 Å². The number of nitrogens with zero attached hydrogens (tertiary/aromatic N) is 13. The third kappa shape index (κ3) is 28.9. The summed E-state index contributed by atoms with van der Waals surface area (Å²) in [5.41, 5.74) is 22.2. The lowest BCUT2D eigenvalue weighted by Gasteiger charge is -2.18. The van der Waals surface area contributed by atoms with Crippen LogP contribution in [0.25, 0.3) is 94.7 Å². The molecule has 0 amide bonds. The second-order valence-corrected chi connectivity index (χ2v) is 36.0. The zero-order chi connectivity index (χ0) is 98.5. The number of nitriles is 1. The van der Waals surface area contributed by atoms with Crippen LogP contribution in [0, 0.1) is 17.9 Å². The lowest BCUT2D eigenvalue weighted by Crippen LogP contribution is -2.24. The van der Waals surface area contributed by atoms with E-state index in [9.17, 15) is 33.6 Å². The van der Waals surface area contributed by atoms with Crippen molar-refractivity contribution in [2.24, 2.45) is 0 Å². The van der Waals surface area contributed by atoms with Crippen LogP contribution in [0.15, 0.2) is 352 Å². The van der Waals surface area contributed by atoms with Crippen molar-refractivity contribution in [2.75, 3.05) is 48.4 Å². The number of nitrogens with one attached hydrogen (secondary N) is 1. The molecule has 710 valence electrons. The van der Waals surface area contributed by atoms with Gasteiger partial charge in [-0.05, 0) is 170 Å². The molecule has 0 aliphatic carbocycles. The molecule has 1 aliphatic rings. The van der Waals surface area contributed by atoms with Crippen molar-refractivity contribution in [1.29, 1.82) is 5.26 Å². The number of ether oxygens (including phenoxy) is 6. The molecule has 34 heteroatoms. The average Bonchev–Trinajstić information content (AvgIpc) is 1.59. The van der Waals surface area contributed by atoms with Gasteiger partial charge in [-0.1, -0.05) is 256 Å². The minimum Gasteiger partial charge on any atom is -0.511 e. The number of anilines is 1. The molecule has 1 aliphatic heterocycles. The number of hydrogen-bond donors (Lipinski definition) is 3. The Balaban J connectivity index is 0.000000187. The van der Waals surface area contributed by atoms with Crippen LogP contribution in [-0.4, -0.2) is 137 Å². The number of aliphatic hydroxyl groups is 1. The third-order valence-electron chi connectivity index (χ3n) is 20.1. The van der Waals surface area contributed by atoms with Crippen LogP contribution in [-0.2, 0) is 41.2 Å². The minimum atomic E-state index is -3.22. The van der Waals surface area contributed by atoms with Gasteiger partial charge in [0.2, 0.25) is 0 Å². The summed E-state index contributed by atoms with van der Waals surface area (Å²) in [6, 6.07) is 98.0. The summed E-state index contributed by atoms with van der Waals surface area (Å²) in [7, 11) is 8.52. The number of halogens is 5. The van der Waals surface area contributed by atoms with Gasteiger partial charge in [0.25, 0.3) is 11.7 Å². The van der Waals surface area contributed by atoms with Gasteiger partial charge in [-0.15, -0.1) is 0 Å². The number of fused-ring (bicyclic) bond motifs is 2. The molecule has 0 bridgehead atoms. The molecule has 140 heavy (non-hydrogen) atoms. The number of H-pyrrole nitrogens is 1. The first-order valence-electron chi connectivity index (χ1n) is 41.6. The standard InChI is InChI=1S/C25H19N3O3.C24H16Cl2N4O.C14H12N4.C14H10N2O.C12H14O5.C8H7N.C7H7NO2.2CH4.Cl3OP/c1-31-18-12-10-17(11-13-18)23-21(29)15-20-22(16-7-3-2-4-8-16)24(27-28(20)25(23)30)19-9-5-6-14-26-19;1-31-17-12-10-16(11-13-17)20-22(25)28-24-19(15-7-3-2-4-8-15)21(29-30(24)23(20)26)18-9-5-6-14-27-18;15-14-12(10-6-2-1-3-7-10)13(17-18-14)11-8-4-5-9-16-11;1-15-13(11-7-3-2-4-8-11)14(17)12-9-5-6-10-16-12;1-15-9-6-4-8(5-7-9)10(11(13)16-2)12(14)17-3;9-7-6-8-4-2-1-3-5-8;1-10-7(9)6-4-2-3-5-8-6;;;1-5(2,3)4/h2-14,29H,15H2,1H3;2-14H,1H3;1-9H,(H3,15,17,18);2-10,13H;4-7,10H,1-3H3;1-5H,6H2;2-5H,1H3;2*1H4;. The number of pyridine rings is 5. The van der Waals surface area contributed by atoms with E-state index in [1.165, 1.54) is 33.1 Å². The summed E-state index contributed by atoms with van der Waals surface area (Å²) in [6.45, 7) is 7.15. The Bertz CT molecular complexity index is 7050. The molecule has 1 unspecified atom stereocenters. The van der Waals surface area contributed by atoms with Crippen molar-refractivity contribution >= 4 is 109 Å². The van der Waals surface area contributed by atoms with Crippen LogP contribution >= 0.6 is 62.1 Å². The minimum absolute atomic E-state index is 0. The van der Waals surface area contributed by atoms with E-state index in [2.05, 4.69) is 99.1 Å². The Morgan fingerprint density at radius 3 is 1.34 bits per heavy atom. The lowest BCUT2D eigenvalue weighted by atomic mass is 9.94. The first-order valence-corrected chi connectivity index (χ1v) is 46.8. The number of carbonyl (C=O) groups is 5. The van der Waals surface area contributed by atoms with Crippen LogP contribution in [0.1, 0.15) is 80.5 Å². The molecule has 0 fully saturated rings. The predicted octanol–water partition coefficient (Wildman–Crippen LogP) is 24.7. The zero-order valence-corrected chi connectivity index (χ0v) is 79.2. The molecule has 0 spiro atoms. The number of ketones is 1. The summed E-state index contributed by atoms with van der Waals surface area (Å²) in [5.74, 6) is -0.823. The molecule has 1 atom stereocenters. The van der Waals surface area contributed by atoms with E-state index in [-0.39, 0.29) is 44.3 Å². The van der Waals surface area contributed by atoms with Crippen molar-refractivity contribution < 1.29 is 62.1 Å². The number of aromatic amines is 1. The van der Waals surface area contributed by atoms with Gasteiger partial charge in [0.05, 0.1) is 106 Å². The highest BCUT2D eigenvalue weighted by atomic mass is 36.0. The number of nitrogens with two attached hydrogens (primary N) is 1. The summed E-state index contributed by atoms with van der Waals surface area (Å²) in [6.07, 6.45) is 8.99. The number of methoxy groups -OCH3 is 6. The van der Waals surface area contributed by atoms with Gasteiger partial charge in [-0.25, -0.2) is 25.9 Å². The molecule has 10 heterocycles. The first kappa shape index (κ1) is 107. The molecule has 4 N–H and O–H groups in total. The summed E-state index contributed by atoms with van der Waals surface area (Å²) < 4.78 is 41.5. The van der Waals surface area contributed by atoms with E-state index in [1.807, 2.05) is 218 Å². The SMILES string of the molecule is C.C.COC(=O)C(C(=O)OC)c1ccc(OC)cc1.COC(=O)c1ccccn1.COc1ccc(-c2c(Cl)nc3c(-c4ccccc4)c(-c4ccccn4)nn3c2Cl)cc1.COc1ccc(C2=C(O)Cc3c(-c4ccccc4)c(-c4ccccn4)nn3C2=O)cc1.N#CCc1ccccc1.Nc1n[nH]c(-c2ccccn2)c1-c1ccccc1.O=P(Cl)(Cl)Cl.[C-]#[N+]C(C(=O)c1ccccn1)c1ccccc1. The normalized spacial score (nSPS) is 10.9. The number of benzene rings is 8. The smallest absolute Gasteiger partial charge is 0.356 e. The fourth-order valence-electron chi connectivity index (χ4n) is 13.6. The molecular weight excluding hydrogens is 1900 g/mol. The molecule has 0 saturated carbocycles. The lowest BCUT2D eigenvalue weighted by molar-refractivity contribution is -0.154. The molecular formula is C106H93Cl5N15O13P. The van der Waals surface area contributed by atoms with Crippen LogP contribution in [0.2, 0.25) is 10.3 Å². The van der Waals surface area contributed by atoms with E-state index in [0.717, 1.165) is 67.3 Å².